The van der Waals surface area contributed by atoms with Crippen LogP contribution in [0.3, 0.4) is 0 Å². The maximum Gasteiger partial charge on any atom is 0.122 e. The van der Waals surface area contributed by atoms with Gasteiger partial charge in [-0.25, -0.2) is 0 Å². The topological polar surface area (TPSA) is 9.23 Å². The lowest BCUT2D eigenvalue weighted by atomic mass is 10.0. The minimum atomic E-state index is 0.250. The Bertz CT molecular complexity index is 568. The second kappa shape index (κ2) is 6.44. The van der Waals surface area contributed by atoms with Crippen LogP contribution in [0.1, 0.15) is 21.5 Å². The van der Waals surface area contributed by atoms with Crippen LogP contribution in [-0.2, 0) is 6.42 Å². The van der Waals surface area contributed by atoms with Gasteiger partial charge in [-0.3, -0.25) is 0 Å². The summed E-state index contributed by atoms with van der Waals surface area (Å²) in [5.41, 5.74) is 3.52. The van der Waals surface area contributed by atoms with Crippen LogP contribution in [0.5, 0.6) is 5.75 Å². The fourth-order valence-electron chi connectivity index (χ4n) is 2.05. The predicted molar refractivity (Wildman–Crippen MR) is 84.6 cm³/mol. The Kier molecular flexibility index (Phi) is 4.89. The molecule has 0 amide bonds. The summed E-state index contributed by atoms with van der Waals surface area (Å²) in [4.78, 5) is 0.250. The van der Waals surface area contributed by atoms with Crippen molar-refractivity contribution >= 4 is 27.5 Å². The molecule has 0 aromatic heterocycles. The van der Waals surface area contributed by atoms with E-state index in [1.807, 2.05) is 31.2 Å². The fourth-order valence-corrected chi connectivity index (χ4v) is 2.80. The van der Waals surface area contributed by atoms with Crippen molar-refractivity contribution in [3.8, 4) is 5.75 Å². The lowest BCUT2D eigenvalue weighted by Crippen LogP contribution is -1.98. The molecule has 0 N–H and O–H groups in total. The van der Waals surface area contributed by atoms with Gasteiger partial charge in [0, 0.05) is 9.85 Å². The molecule has 0 heterocycles. The van der Waals surface area contributed by atoms with E-state index in [1.54, 1.807) is 7.11 Å². The number of ether oxygens (including phenoxy) is 1. The number of hydrogen-bond donors (Lipinski definition) is 0. The zero-order valence-corrected chi connectivity index (χ0v) is 13.3. The van der Waals surface area contributed by atoms with Crippen LogP contribution in [0.2, 0.25) is 5.02 Å². The Hall–Kier alpha value is -0.990. The number of aryl methyl sites for hydroxylation is 1. The first-order valence-corrected chi connectivity index (χ1v) is 7.43. The molecule has 19 heavy (non-hydrogen) atoms. The summed E-state index contributed by atoms with van der Waals surface area (Å²) >= 11 is 9.80. The minimum absolute atomic E-state index is 0.250. The van der Waals surface area contributed by atoms with E-state index >= 15 is 0 Å². The molecule has 2 aromatic rings. The smallest absolute Gasteiger partial charge is 0.122 e. The largest absolute Gasteiger partial charge is 0.496 e. The summed E-state index contributed by atoms with van der Waals surface area (Å²) in [5.74, 6) is 0.928. The first kappa shape index (κ1) is 14.4. The van der Waals surface area contributed by atoms with E-state index in [9.17, 15) is 0 Å². The quantitative estimate of drug-likeness (QED) is 0.684. The summed E-state index contributed by atoms with van der Waals surface area (Å²) in [6, 6.07) is 14.2. The predicted octanol–water partition coefficient (Wildman–Crippen LogP) is 5.34. The number of rotatable bonds is 4. The standard InChI is InChI=1S/C16H16BrClO/c1-11-9-12(7-8-15(11)18)14(17)10-13-5-3-4-6-16(13)19-2/h3-9,14H,10H2,1-2H3. The van der Waals surface area contributed by atoms with E-state index in [1.165, 1.54) is 11.1 Å². The van der Waals surface area contributed by atoms with Gasteiger partial charge in [-0.2, -0.15) is 0 Å². The van der Waals surface area contributed by atoms with Gasteiger partial charge < -0.3 is 4.74 Å². The highest BCUT2D eigenvalue weighted by molar-refractivity contribution is 9.09. The van der Waals surface area contributed by atoms with E-state index in [0.717, 1.165) is 22.8 Å². The van der Waals surface area contributed by atoms with E-state index in [-0.39, 0.29) is 4.83 Å². The number of methoxy groups -OCH3 is 1. The maximum atomic E-state index is 6.06. The molecule has 0 bridgehead atoms. The molecule has 0 radical (unpaired) electrons. The number of para-hydroxylation sites is 1. The third-order valence-electron chi connectivity index (χ3n) is 3.14. The van der Waals surface area contributed by atoms with Gasteiger partial charge in [0.15, 0.2) is 0 Å². The van der Waals surface area contributed by atoms with Crippen LogP contribution in [0.15, 0.2) is 42.5 Å². The van der Waals surface area contributed by atoms with Gasteiger partial charge in [0.25, 0.3) is 0 Å². The molecule has 1 unspecified atom stereocenters. The van der Waals surface area contributed by atoms with Crippen molar-refractivity contribution in [1.29, 1.82) is 0 Å². The van der Waals surface area contributed by atoms with E-state index < -0.39 is 0 Å². The molecular formula is C16H16BrClO. The number of benzene rings is 2. The van der Waals surface area contributed by atoms with Gasteiger partial charge in [-0.1, -0.05) is 57.9 Å². The molecule has 0 saturated heterocycles. The molecule has 1 nitrogen and oxygen atoms in total. The average molecular weight is 340 g/mol. The van der Waals surface area contributed by atoms with Gasteiger partial charge in [0.05, 0.1) is 7.11 Å². The van der Waals surface area contributed by atoms with Crippen molar-refractivity contribution in [2.45, 2.75) is 18.2 Å². The summed E-state index contributed by atoms with van der Waals surface area (Å²) in [6.07, 6.45) is 0.880. The third-order valence-corrected chi connectivity index (χ3v) is 4.41. The molecule has 100 valence electrons. The van der Waals surface area contributed by atoms with Crippen molar-refractivity contribution in [1.82, 2.24) is 0 Å². The van der Waals surface area contributed by atoms with Crippen molar-refractivity contribution in [2.75, 3.05) is 7.11 Å². The van der Waals surface area contributed by atoms with Gasteiger partial charge in [0.2, 0.25) is 0 Å². The molecule has 3 heteroatoms. The molecular weight excluding hydrogens is 324 g/mol. The van der Waals surface area contributed by atoms with Crippen LogP contribution in [0, 0.1) is 6.92 Å². The first-order valence-electron chi connectivity index (χ1n) is 6.14. The highest BCUT2D eigenvalue weighted by atomic mass is 79.9. The lowest BCUT2D eigenvalue weighted by Gasteiger charge is -2.14. The van der Waals surface area contributed by atoms with Crippen LogP contribution in [-0.4, -0.2) is 7.11 Å². The molecule has 0 fully saturated rings. The number of halogens is 2. The first-order chi connectivity index (χ1) is 9.11. The summed E-state index contributed by atoms with van der Waals surface area (Å²) in [7, 11) is 1.70. The lowest BCUT2D eigenvalue weighted by molar-refractivity contribution is 0.409. The highest BCUT2D eigenvalue weighted by Crippen LogP contribution is 2.32. The van der Waals surface area contributed by atoms with E-state index in [0.29, 0.717) is 0 Å². The fraction of sp³-hybridized carbons (Fsp3) is 0.250. The molecule has 0 spiro atoms. The molecule has 0 aliphatic carbocycles. The van der Waals surface area contributed by atoms with Gasteiger partial charge in [-0.05, 0) is 42.2 Å². The van der Waals surface area contributed by atoms with E-state index in [4.69, 9.17) is 16.3 Å². The Balaban J connectivity index is 2.20. The second-order valence-electron chi connectivity index (χ2n) is 4.49. The third kappa shape index (κ3) is 3.52. The van der Waals surface area contributed by atoms with Crippen molar-refractivity contribution < 1.29 is 4.74 Å². The Labute approximate surface area is 127 Å². The Morgan fingerprint density at radius 1 is 1.21 bits per heavy atom. The number of hydrogen-bond acceptors (Lipinski definition) is 1. The van der Waals surface area contributed by atoms with Crippen LogP contribution >= 0.6 is 27.5 Å². The number of alkyl halides is 1. The maximum absolute atomic E-state index is 6.06. The summed E-state index contributed by atoms with van der Waals surface area (Å²) < 4.78 is 5.38. The van der Waals surface area contributed by atoms with Crippen LogP contribution in [0.4, 0.5) is 0 Å². The average Bonchev–Trinajstić information content (AvgIpc) is 2.42. The molecule has 0 aliphatic rings. The SMILES string of the molecule is COc1ccccc1CC(Br)c1ccc(Cl)c(C)c1. The summed E-state index contributed by atoms with van der Waals surface area (Å²) in [5, 5.41) is 0.806. The monoisotopic (exact) mass is 338 g/mol. The zero-order valence-electron chi connectivity index (χ0n) is 11.0. The molecule has 2 rings (SSSR count). The van der Waals surface area contributed by atoms with Gasteiger partial charge >= 0.3 is 0 Å². The molecule has 0 saturated carbocycles. The molecule has 1 atom stereocenters. The highest BCUT2D eigenvalue weighted by Gasteiger charge is 2.12. The minimum Gasteiger partial charge on any atom is -0.496 e. The second-order valence-corrected chi connectivity index (χ2v) is 6.00. The van der Waals surface area contributed by atoms with Gasteiger partial charge in [0.1, 0.15) is 5.75 Å². The van der Waals surface area contributed by atoms with Crippen LogP contribution < -0.4 is 4.74 Å². The van der Waals surface area contributed by atoms with Gasteiger partial charge in [-0.15, -0.1) is 0 Å². The normalized spacial score (nSPS) is 12.2. The Morgan fingerprint density at radius 2 is 1.95 bits per heavy atom. The van der Waals surface area contributed by atoms with Crippen molar-refractivity contribution in [3.05, 3.63) is 64.2 Å². The van der Waals surface area contributed by atoms with Crippen molar-refractivity contribution in [2.24, 2.45) is 0 Å². The van der Waals surface area contributed by atoms with E-state index in [2.05, 4.69) is 34.1 Å². The molecule has 0 aliphatic heterocycles. The summed E-state index contributed by atoms with van der Waals surface area (Å²) in [6.45, 7) is 2.02. The Morgan fingerprint density at radius 3 is 2.63 bits per heavy atom. The molecule has 2 aromatic carbocycles. The van der Waals surface area contributed by atoms with Crippen LogP contribution in [0.25, 0.3) is 0 Å². The zero-order chi connectivity index (χ0) is 13.8. The van der Waals surface area contributed by atoms with Crippen molar-refractivity contribution in [3.63, 3.8) is 0 Å².